The van der Waals surface area contributed by atoms with E-state index in [1.54, 1.807) is 13.0 Å². The van der Waals surface area contributed by atoms with E-state index in [1.165, 1.54) is 0 Å². The van der Waals surface area contributed by atoms with Crippen molar-refractivity contribution in [3.8, 4) is 11.3 Å². The molecule has 7 nitrogen and oxygen atoms in total. The molecule has 30 heavy (non-hydrogen) atoms. The van der Waals surface area contributed by atoms with Gasteiger partial charge in [0.15, 0.2) is 5.78 Å². The lowest BCUT2D eigenvalue weighted by Crippen LogP contribution is -2.20. The van der Waals surface area contributed by atoms with E-state index in [0.29, 0.717) is 60.0 Å². The predicted octanol–water partition coefficient (Wildman–Crippen LogP) is 3.85. The lowest BCUT2D eigenvalue weighted by molar-refractivity contribution is 0.0518. The Labute approximate surface area is 176 Å². The highest BCUT2D eigenvalue weighted by Gasteiger charge is 2.35. The Balaban J connectivity index is 2.32. The number of ketones is 1. The number of hydrogen-bond acceptors (Lipinski definition) is 7. The molecule has 1 aliphatic carbocycles. The second-order valence-electron chi connectivity index (χ2n) is 8.37. The van der Waals surface area contributed by atoms with Gasteiger partial charge in [-0.25, -0.2) is 4.79 Å². The minimum Gasteiger partial charge on any atom is -0.462 e. The van der Waals surface area contributed by atoms with Crippen molar-refractivity contribution >= 4 is 11.8 Å². The van der Waals surface area contributed by atoms with Gasteiger partial charge < -0.3 is 19.6 Å². The highest BCUT2D eigenvalue weighted by Crippen LogP contribution is 2.40. The van der Waals surface area contributed by atoms with Crippen molar-refractivity contribution in [2.24, 2.45) is 11.1 Å². The monoisotopic (exact) mass is 414 g/mol. The molecule has 0 bridgehead atoms. The van der Waals surface area contributed by atoms with Crippen molar-refractivity contribution in [1.82, 2.24) is 4.98 Å². The van der Waals surface area contributed by atoms with Gasteiger partial charge in [0.25, 0.3) is 0 Å². The predicted molar refractivity (Wildman–Crippen MR) is 112 cm³/mol. The molecule has 0 unspecified atom stereocenters. The maximum atomic E-state index is 13.2. The maximum absolute atomic E-state index is 13.2. The number of aromatic nitrogens is 1. The SMILES string of the molecule is CCOC(=O)c1c(COCCN)nc2c(c1-c1ccc(C)o1)C(=O)CCC(C)(C)C2. The first-order valence-corrected chi connectivity index (χ1v) is 10.4. The van der Waals surface area contributed by atoms with Crippen LogP contribution in [0.3, 0.4) is 0 Å². The zero-order valence-electron chi connectivity index (χ0n) is 18.2. The van der Waals surface area contributed by atoms with Crippen molar-refractivity contribution in [3.63, 3.8) is 0 Å². The molecular formula is C23H30N2O5. The van der Waals surface area contributed by atoms with Crippen LogP contribution in [0.1, 0.15) is 71.5 Å². The van der Waals surface area contributed by atoms with Gasteiger partial charge in [0.2, 0.25) is 0 Å². The summed E-state index contributed by atoms with van der Waals surface area (Å²) in [5, 5.41) is 0. The third kappa shape index (κ3) is 4.63. The van der Waals surface area contributed by atoms with Gasteiger partial charge in [0.1, 0.15) is 11.5 Å². The van der Waals surface area contributed by atoms with E-state index in [9.17, 15) is 9.59 Å². The van der Waals surface area contributed by atoms with Gasteiger partial charge >= 0.3 is 5.97 Å². The lowest BCUT2D eigenvalue weighted by atomic mass is 9.84. The highest BCUT2D eigenvalue weighted by atomic mass is 16.5. The van der Waals surface area contributed by atoms with E-state index < -0.39 is 5.97 Å². The van der Waals surface area contributed by atoms with Gasteiger partial charge in [0.05, 0.1) is 42.3 Å². The number of esters is 1. The van der Waals surface area contributed by atoms with E-state index >= 15 is 0 Å². The first-order chi connectivity index (χ1) is 14.3. The summed E-state index contributed by atoms with van der Waals surface area (Å²) in [5.41, 5.74) is 7.72. The second kappa shape index (κ2) is 9.10. The van der Waals surface area contributed by atoms with E-state index in [2.05, 4.69) is 13.8 Å². The summed E-state index contributed by atoms with van der Waals surface area (Å²) in [6, 6.07) is 3.59. The van der Waals surface area contributed by atoms with Crippen molar-refractivity contribution < 1.29 is 23.5 Å². The van der Waals surface area contributed by atoms with Crippen LogP contribution in [0.2, 0.25) is 0 Å². The Hall–Kier alpha value is -2.51. The quantitative estimate of drug-likeness (QED) is 0.417. The molecule has 0 radical (unpaired) electrons. The number of fused-ring (bicyclic) bond motifs is 1. The van der Waals surface area contributed by atoms with Crippen LogP contribution in [-0.4, -0.2) is 36.5 Å². The van der Waals surface area contributed by atoms with E-state index in [-0.39, 0.29) is 30.0 Å². The summed E-state index contributed by atoms with van der Waals surface area (Å²) in [6.45, 7) is 8.80. The molecule has 0 amide bonds. The number of pyridine rings is 1. The fraction of sp³-hybridized carbons (Fsp3) is 0.522. The fourth-order valence-corrected chi connectivity index (χ4v) is 3.83. The molecule has 7 heteroatoms. The normalized spacial score (nSPS) is 15.6. The summed E-state index contributed by atoms with van der Waals surface area (Å²) in [6.07, 6.45) is 1.75. The largest absolute Gasteiger partial charge is 0.462 e. The average Bonchev–Trinajstić information content (AvgIpc) is 3.07. The van der Waals surface area contributed by atoms with Crippen molar-refractivity contribution in [1.29, 1.82) is 0 Å². The van der Waals surface area contributed by atoms with E-state index in [0.717, 1.165) is 6.42 Å². The molecule has 0 fully saturated rings. The van der Waals surface area contributed by atoms with Gasteiger partial charge in [-0.05, 0) is 44.2 Å². The zero-order chi connectivity index (χ0) is 21.9. The van der Waals surface area contributed by atoms with Crippen LogP contribution in [0, 0.1) is 12.3 Å². The molecule has 2 heterocycles. The highest BCUT2D eigenvalue weighted by molar-refractivity contribution is 6.09. The van der Waals surface area contributed by atoms with Crippen LogP contribution in [0.25, 0.3) is 11.3 Å². The second-order valence-corrected chi connectivity index (χ2v) is 8.37. The zero-order valence-corrected chi connectivity index (χ0v) is 18.2. The molecule has 2 N–H and O–H groups in total. The summed E-state index contributed by atoms with van der Waals surface area (Å²) >= 11 is 0. The van der Waals surface area contributed by atoms with Gasteiger partial charge in [-0.1, -0.05) is 13.8 Å². The number of ether oxygens (including phenoxy) is 2. The molecule has 162 valence electrons. The van der Waals surface area contributed by atoms with Crippen LogP contribution >= 0.6 is 0 Å². The Morgan fingerprint density at radius 3 is 2.70 bits per heavy atom. The number of rotatable bonds is 7. The van der Waals surface area contributed by atoms with Gasteiger partial charge in [-0.2, -0.15) is 0 Å². The molecule has 0 aromatic carbocycles. The summed E-state index contributed by atoms with van der Waals surface area (Å²) < 4.78 is 16.8. The average molecular weight is 415 g/mol. The van der Waals surface area contributed by atoms with Gasteiger partial charge in [-0.15, -0.1) is 0 Å². The third-order valence-electron chi connectivity index (χ3n) is 5.27. The summed E-state index contributed by atoms with van der Waals surface area (Å²) in [5.74, 6) is 0.571. The standard InChI is InChI=1S/C23H30N2O5/c1-5-29-22(27)20-16(13-28-11-10-24)25-15-12-23(3,4)9-8-17(26)19(15)21(20)18-7-6-14(2)30-18/h6-7H,5,8-13,24H2,1-4H3. The first-order valence-electron chi connectivity index (χ1n) is 10.4. The smallest absolute Gasteiger partial charge is 0.340 e. The van der Waals surface area contributed by atoms with E-state index in [1.807, 2.05) is 13.0 Å². The number of carbonyl (C=O) groups excluding carboxylic acids is 2. The van der Waals surface area contributed by atoms with Crippen LogP contribution in [-0.2, 0) is 22.5 Å². The van der Waals surface area contributed by atoms with Crippen LogP contribution in [0.5, 0.6) is 0 Å². The third-order valence-corrected chi connectivity index (χ3v) is 5.27. The minimum atomic E-state index is -0.542. The molecule has 0 saturated heterocycles. The van der Waals surface area contributed by atoms with Crippen molar-refractivity contribution in [3.05, 3.63) is 40.4 Å². The van der Waals surface area contributed by atoms with Crippen LogP contribution in [0.4, 0.5) is 0 Å². The molecule has 0 aliphatic heterocycles. The Kier molecular flexibility index (Phi) is 6.73. The van der Waals surface area contributed by atoms with Crippen LogP contribution in [0.15, 0.2) is 16.5 Å². The summed E-state index contributed by atoms with van der Waals surface area (Å²) in [4.78, 5) is 31.0. The lowest BCUT2D eigenvalue weighted by Gasteiger charge is -2.23. The number of nitrogens with zero attached hydrogens (tertiary/aromatic N) is 1. The van der Waals surface area contributed by atoms with Gasteiger partial charge in [-0.3, -0.25) is 9.78 Å². The number of furan rings is 1. The topological polar surface area (TPSA) is 105 Å². The van der Waals surface area contributed by atoms with Crippen molar-refractivity contribution in [2.75, 3.05) is 19.8 Å². The number of Topliss-reactive ketones (excluding diaryl/α,β-unsaturated/α-hetero) is 1. The number of nitrogens with two attached hydrogens (primary N) is 1. The van der Waals surface area contributed by atoms with Crippen molar-refractivity contribution in [2.45, 2.75) is 53.6 Å². The Morgan fingerprint density at radius 2 is 2.07 bits per heavy atom. The Bertz CT molecular complexity index is 945. The fourth-order valence-electron chi connectivity index (χ4n) is 3.83. The van der Waals surface area contributed by atoms with Gasteiger partial charge in [0, 0.05) is 18.5 Å². The number of carbonyl (C=O) groups is 2. The van der Waals surface area contributed by atoms with Crippen LogP contribution < -0.4 is 5.73 Å². The number of aryl methyl sites for hydroxylation is 1. The molecule has 2 aromatic rings. The first kappa shape index (κ1) is 22.2. The number of hydrogen-bond donors (Lipinski definition) is 1. The minimum absolute atomic E-state index is 0.0351. The molecule has 1 aliphatic rings. The molecule has 0 saturated carbocycles. The molecule has 0 spiro atoms. The molecule has 3 rings (SSSR count). The molecule has 0 atom stereocenters. The maximum Gasteiger partial charge on any atom is 0.340 e. The molecule has 2 aromatic heterocycles. The molecular weight excluding hydrogens is 384 g/mol. The van der Waals surface area contributed by atoms with E-state index in [4.69, 9.17) is 24.6 Å². The Morgan fingerprint density at radius 1 is 1.30 bits per heavy atom. The summed E-state index contributed by atoms with van der Waals surface area (Å²) in [7, 11) is 0.